The van der Waals surface area contributed by atoms with Gasteiger partial charge in [0.05, 0.1) is 0 Å². The van der Waals surface area contributed by atoms with Crippen LogP contribution in [0.15, 0.2) is 0 Å². The van der Waals surface area contributed by atoms with Gasteiger partial charge in [0, 0.05) is 18.6 Å². The van der Waals surface area contributed by atoms with Gasteiger partial charge in [-0.15, -0.1) is 0 Å². The Kier molecular flexibility index (Phi) is 3.14. The van der Waals surface area contributed by atoms with Crippen LogP contribution in [0.2, 0.25) is 0 Å². The Morgan fingerprint density at radius 1 is 1.54 bits per heavy atom. The number of cyclic esters (lactones) is 1. The minimum absolute atomic E-state index is 0.203. The number of carbonyl (C=O) groups is 1. The van der Waals surface area contributed by atoms with Crippen molar-refractivity contribution in [3.8, 4) is 0 Å². The van der Waals surface area contributed by atoms with E-state index in [1.807, 2.05) is 25.8 Å². The third-order valence-corrected chi connectivity index (χ3v) is 2.46. The Morgan fingerprint density at radius 2 is 2.15 bits per heavy atom. The third kappa shape index (κ3) is 2.34. The largest absolute Gasteiger partial charge is 0.433 e. The molecule has 0 spiro atoms. The zero-order chi connectivity index (χ0) is 10.0. The molecule has 0 aromatic rings. The third-order valence-electron chi connectivity index (χ3n) is 2.46. The summed E-state index contributed by atoms with van der Waals surface area (Å²) >= 11 is 0. The van der Waals surface area contributed by atoms with Gasteiger partial charge in [-0.3, -0.25) is 4.90 Å². The van der Waals surface area contributed by atoms with E-state index in [0.29, 0.717) is 12.8 Å². The number of carbonyl (C=O) groups excluding carboxylic acids is 1. The average molecular weight is 186 g/mol. The van der Waals surface area contributed by atoms with Crippen LogP contribution in [0.3, 0.4) is 0 Å². The molecular weight excluding hydrogens is 168 g/mol. The summed E-state index contributed by atoms with van der Waals surface area (Å²) in [5.74, 6) is 0. The summed E-state index contributed by atoms with van der Waals surface area (Å²) in [5, 5.41) is 0. The minimum atomic E-state index is -0.203. The highest BCUT2D eigenvalue weighted by molar-refractivity contribution is 5.68. The van der Waals surface area contributed by atoms with E-state index in [9.17, 15) is 4.79 Å². The van der Waals surface area contributed by atoms with Gasteiger partial charge in [0.25, 0.3) is 0 Å². The summed E-state index contributed by atoms with van der Waals surface area (Å²) in [6, 6.07) is 0.565. The molecule has 13 heavy (non-hydrogen) atoms. The van der Waals surface area contributed by atoms with Crippen molar-refractivity contribution in [3.05, 3.63) is 0 Å². The quantitative estimate of drug-likeness (QED) is 0.615. The molecule has 0 aliphatic carbocycles. The molecule has 4 nitrogen and oxygen atoms in total. The van der Waals surface area contributed by atoms with Crippen molar-refractivity contribution in [2.24, 2.45) is 0 Å². The number of hydrogen-bond donors (Lipinski definition) is 0. The molecule has 0 aromatic heterocycles. The van der Waals surface area contributed by atoms with Crippen molar-refractivity contribution in [2.75, 3.05) is 20.3 Å². The van der Waals surface area contributed by atoms with Gasteiger partial charge in [-0.1, -0.05) is 0 Å². The number of hydrogen-bond acceptors (Lipinski definition) is 3. The first-order valence-corrected chi connectivity index (χ1v) is 4.66. The summed E-state index contributed by atoms with van der Waals surface area (Å²) in [7, 11) is 1.96. The Hall–Kier alpha value is -0.770. The molecule has 1 rings (SSSR count). The molecule has 0 saturated carbocycles. The lowest BCUT2D eigenvalue weighted by Gasteiger charge is -2.26. The van der Waals surface area contributed by atoms with Crippen LogP contribution < -0.4 is 0 Å². The van der Waals surface area contributed by atoms with Crippen molar-refractivity contribution in [2.45, 2.75) is 32.9 Å². The summed E-state index contributed by atoms with van der Waals surface area (Å²) in [4.78, 5) is 15.2. The molecule has 4 heteroatoms. The minimum Gasteiger partial charge on any atom is -0.433 e. The summed E-state index contributed by atoms with van der Waals surface area (Å²) in [5.41, 5.74) is 0. The average Bonchev–Trinajstić information content (AvgIpc) is 2.18. The molecular formula is C9H18N2O2. The van der Waals surface area contributed by atoms with E-state index >= 15 is 0 Å². The zero-order valence-corrected chi connectivity index (χ0v) is 8.78. The summed E-state index contributed by atoms with van der Waals surface area (Å²) < 4.78 is 5.07. The van der Waals surface area contributed by atoms with Crippen molar-refractivity contribution >= 4 is 6.09 Å². The first kappa shape index (κ1) is 10.3. The molecule has 1 heterocycles. The van der Waals surface area contributed by atoms with Gasteiger partial charge in [0.2, 0.25) is 0 Å². The predicted octanol–water partition coefficient (Wildman–Crippen LogP) is 1.12. The highest BCUT2D eigenvalue weighted by Gasteiger charge is 2.26. The molecule has 76 valence electrons. The maximum Gasteiger partial charge on any atom is 0.411 e. The highest BCUT2D eigenvalue weighted by Crippen LogP contribution is 2.10. The number of amides is 1. The molecule has 0 unspecified atom stereocenters. The van der Waals surface area contributed by atoms with Crippen LogP contribution in [0.25, 0.3) is 0 Å². The van der Waals surface area contributed by atoms with Crippen LogP contribution in [-0.4, -0.2) is 48.3 Å². The van der Waals surface area contributed by atoms with Gasteiger partial charge in [-0.25, -0.2) is 4.79 Å². The van der Waals surface area contributed by atoms with E-state index in [2.05, 4.69) is 6.92 Å². The molecule has 1 amide bonds. The molecule has 1 atom stereocenters. The van der Waals surface area contributed by atoms with Crippen LogP contribution in [0.1, 0.15) is 20.8 Å². The molecule has 0 radical (unpaired) electrons. The lowest BCUT2D eigenvalue weighted by atomic mass is 10.2. The lowest BCUT2D eigenvalue weighted by Crippen LogP contribution is -2.41. The van der Waals surface area contributed by atoms with Gasteiger partial charge in [0.1, 0.15) is 6.73 Å². The fraction of sp³-hybridized carbons (Fsp3) is 0.889. The van der Waals surface area contributed by atoms with Gasteiger partial charge in [-0.2, -0.15) is 0 Å². The second kappa shape index (κ2) is 3.96. The lowest BCUT2D eigenvalue weighted by molar-refractivity contribution is 0.0743. The second-order valence-corrected chi connectivity index (χ2v) is 3.89. The van der Waals surface area contributed by atoms with E-state index in [1.54, 1.807) is 4.90 Å². The Balaban J connectivity index is 2.68. The van der Waals surface area contributed by atoms with Crippen LogP contribution in [0.5, 0.6) is 0 Å². The number of nitrogens with zero attached hydrogens (tertiary/aromatic N) is 2. The number of likely N-dealkylation sites (N-methyl/N-ethyl adjacent to an activating group) is 1. The van der Waals surface area contributed by atoms with Crippen LogP contribution >= 0.6 is 0 Å². The van der Waals surface area contributed by atoms with E-state index in [0.717, 1.165) is 6.54 Å². The highest BCUT2D eigenvalue weighted by atomic mass is 16.6. The Morgan fingerprint density at radius 3 is 2.69 bits per heavy atom. The number of rotatable bonds is 1. The van der Waals surface area contributed by atoms with E-state index in [-0.39, 0.29) is 12.1 Å². The zero-order valence-electron chi connectivity index (χ0n) is 8.78. The fourth-order valence-electron chi connectivity index (χ4n) is 1.29. The summed E-state index contributed by atoms with van der Waals surface area (Å²) in [6.45, 7) is 7.23. The summed E-state index contributed by atoms with van der Waals surface area (Å²) in [6.07, 6.45) is -0.203. The molecule has 0 bridgehead atoms. The van der Waals surface area contributed by atoms with Crippen LogP contribution in [-0.2, 0) is 4.74 Å². The van der Waals surface area contributed by atoms with Crippen LogP contribution in [0.4, 0.5) is 4.79 Å². The first-order chi connectivity index (χ1) is 6.02. The molecule has 1 fully saturated rings. The smallest absolute Gasteiger partial charge is 0.411 e. The molecule has 1 aliphatic heterocycles. The molecule has 1 saturated heterocycles. The Bertz CT molecular complexity index is 194. The van der Waals surface area contributed by atoms with E-state index < -0.39 is 0 Å². The van der Waals surface area contributed by atoms with Crippen molar-refractivity contribution in [1.82, 2.24) is 9.80 Å². The fourth-order valence-corrected chi connectivity index (χ4v) is 1.29. The molecule has 0 N–H and O–H groups in total. The number of ether oxygens (including phenoxy) is 1. The maximum atomic E-state index is 11.4. The van der Waals surface area contributed by atoms with Gasteiger partial charge < -0.3 is 9.64 Å². The topological polar surface area (TPSA) is 32.8 Å². The van der Waals surface area contributed by atoms with E-state index in [1.165, 1.54) is 0 Å². The SMILES string of the molecule is CC(C)N1C[C@H](C)N(C)COC1=O. The van der Waals surface area contributed by atoms with Crippen LogP contribution in [0, 0.1) is 0 Å². The maximum absolute atomic E-state index is 11.4. The van der Waals surface area contributed by atoms with Gasteiger partial charge in [-0.05, 0) is 27.8 Å². The van der Waals surface area contributed by atoms with Gasteiger partial charge in [0.15, 0.2) is 0 Å². The predicted molar refractivity (Wildman–Crippen MR) is 50.4 cm³/mol. The normalized spacial score (nSPS) is 26.1. The molecule has 0 aromatic carbocycles. The standard InChI is InChI=1S/C9H18N2O2/c1-7(2)11-5-8(3)10(4)6-13-9(11)12/h7-8H,5-6H2,1-4H3/t8-/m0/s1. The van der Waals surface area contributed by atoms with Crippen molar-refractivity contribution in [1.29, 1.82) is 0 Å². The van der Waals surface area contributed by atoms with Crippen molar-refractivity contribution in [3.63, 3.8) is 0 Å². The Labute approximate surface area is 79.4 Å². The molecule has 1 aliphatic rings. The van der Waals surface area contributed by atoms with Gasteiger partial charge >= 0.3 is 6.09 Å². The second-order valence-electron chi connectivity index (χ2n) is 3.89. The van der Waals surface area contributed by atoms with Crippen molar-refractivity contribution < 1.29 is 9.53 Å². The monoisotopic (exact) mass is 186 g/mol. The first-order valence-electron chi connectivity index (χ1n) is 4.66. The van der Waals surface area contributed by atoms with E-state index in [4.69, 9.17) is 4.74 Å².